The first-order valence-electron chi connectivity index (χ1n) is 7.99. The number of anilines is 1. The van der Waals surface area contributed by atoms with Gasteiger partial charge in [-0.3, -0.25) is 14.5 Å². The Labute approximate surface area is 129 Å². The molecule has 0 spiro atoms. The third-order valence-electron chi connectivity index (χ3n) is 5.17. The van der Waals surface area contributed by atoms with Gasteiger partial charge in [-0.1, -0.05) is 12.2 Å². The topological polar surface area (TPSA) is 46.6 Å². The fourth-order valence-corrected chi connectivity index (χ4v) is 4.19. The van der Waals surface area contributed by atoms with Gasteiger partial charge in [-0.05, 0) is 55.9 Å². The summed E-state index contributed by atoms with van der Waals surface area (Å²) in [4.78, 5) is 27.0. The second-order valence-corrected chi connectivity index (χ2v) is 6.28. The van der Waals surface area contributed by atoms with Gasteiger partial charge in [-0.15, -0.1) is 0 Å². The van der Waals surface area contributed by atoms with Crippen molar-refractivity contribution in [3.63, 3.8) is 0 Å². The van der Waals surface area contributed by atoms with Crippen LogP contribution in [0.5, 0.6) is 5.75 Å². The molecule has 1 aliphatic heterocycles. The van der Waals surface area contributed by atoms with E-state index >= 15 is 0 Å². The summed E-state index contributed by atoms with van der Waals surface area (Å²) >= 11 is 0. The largest absolute Gasteiger partial charge is 0.494 e. The first-order chi connectivity index (χ1) is 10.7. The third kappa shape index (κ3) is 1.83. The van der Waals surface area contributed by atoms with Crippen molar-refractivity contribution < 1.29 is 14.3 Å². The molecule has 2 fully saturated rings. The van der Waals surface area contributed by atoms with Gasteiger partial charge in [0, 0.05) is 0 Å². The number of carbonyl (C=O) groups excluding carboxylic acids is 2. The number of carbonyl (C=O) groups is 2. The van der Waals surface area contributed by atoms with Crippen molar-refractivity contribution in [2.45, 2.75) is 19.8 Å². The summed E-state index contributed by atoms with van der Waals surface area (Å²) in [6, 6.07) is 7.23. The second-order valence-electron chi connectivity index (χ2n) is 6.28. The van der Waals surface area contributed by atoms with Crippen molar-refractivity contribution in [2.75, 3.05) is 11.5 Å². The number of hydrogen-bond donors (Lipinski definition) is 0. The summed E-state index contributed by atoms with van der Waals surface area (Å²) in [5.74, 6) is 0.866. The van der Waals surface area contributed by atoms with E-state index in [1.54, 1.807) is 12.1 Å². The first-order valence-corrected chi connectivity index (χ1v) is 7.99. The molecular formula is C18H19NO3. The Kier molecular flexibility index (Phi) is 3.06. The van der Waals surface area contributed by atoms with E-state index in [9.17, 15) is 9.59 Å². The fourth-order valence-electron chi connectivity index (χ4n) is 4.19. The lowest BCUT2D eigenvalue weighted by atomic mass is 9.63. The first kappa shape index (κ1) is 13.6. The van der Waals surface area contributed by atoms with Crippen LogP contribution in [0.15, 0.2) is 36.4 Å². The minimum atomic E-state index is -0.150. The molecule has 0 aromatic heterocycles. The molecule has 4 atom stereocenters. The van der Waals surface area contributed by atoms with Gasteiger partial charge >= 0.3 is 0 Å². The molecule has 4 aliphatic rings. The number of hydrogen-bond acceptors (Lipinski definition) is 3. The summed E-state index contributed by atoms with van der Waals surface area (Å²) in [7, 11) is 0. The number of nitrogens with zero attached hydrogens (tertiary/aromatic N) is 1. The van der Waals surface area contributed by atoms with Gasteiger partial charge in [0.1, 0.15) is 5.75 Å². The van der Waals surface area contributed by atoms with Crippen molar-refractivity contribution in [1.82, 2.24) is 0 Å². The van der Waals surface area contributed by atoms with Gasteiger partial charge in [0.2, 0.25) is 11.8 Å². The second kappa shape index (κ2) is 4.97. The number of allylic oxidation sites excluding steroid dienone is 2. The maximum absolute atomic E-state index is 12.8. The zero-order valence-electron chi connectivity index (χ0n) is 12.6. The summed E-state index contributed by atoms with van der Waals surface area (Å²) in [5, 5.41) is 0. The normalized spacial score (nSPS) is 32.5. The van der Waals surface area contributed by atoms with Crippen LogP contribution in [-0.2, 0) is 9.59 Å². The van der Waals surface area contributed by atoms with Crippen molar-refractivity contribution >= 4 is 17.5 Å². The maximum atomic E-state index is 12.8. The molecule has 1 saturated carbocycles. The molecule has 0 unspecified atom stereocenters. The molecule has 3 aliphatic carbocycles. The minimum Gasteiger partial charge on any atom is -0.494 e. The van der Waals surface area contributed by atoms with Gasteiger partial charge in [0.05, 0.1) is 24.1 Å². The van der Waals surface area contributed by atoms with Crippen molar-refractivity contribution in [3.05, 3.63) is 36.4 Å². The molecule has 4 heteroatoms. The molecule has 22 heavy (non-hydrogen) atoms. The highest BCUT2D eigenvalue weighted by molar-refractivity contribution is 6.22. The van der Waals surface area contributed by atoms with E-state index in [0.717, 1.165) is 18.6 Å². The zero-order valence-corrected chi connectivity index (χ0v) is 12.6. The third-order valence-corrected chi connectivity index (χ3v) is 5.17. The molecular weight excluding hydrogens is 278 g/mol. The average Bonchev–Trinajstić information content (AvgIpc) is 2.84. The Morgan fingerprint density at radius 2 is 1.55 bits per heavy atom. The molecule has 0 radical (unpaired) electrons. The highest BCUT2D eigenvalue weighted by atomic mass is 16.5. The number of benzene rings is 1. The standard InChI is InChI=1S/C18H19NO3/c1-2-22-14-9-7-13(8-10-14)19-17(20)15-11-3-4-12(6-5-11)16(15)18(19)21/h3-4,7-12,15-16H,2,5-6H2,1H3/t11-,12-,15-,16-/m0/s1. The Hall–Kier alpha value is -2.10. The van der Waals surface area contributed by atoms with Crippen LogP contribution in [-0.4, -0.2) is 18.4 Å². The maximum Gasteiger partial charge on any atom is 0.238 e. The van der Waals surface area contributed by atoms with Crippen LogP contribution in [0.1, 0.15) is 19.8 Å². The van der Waals surface area contributed by atoms with Gasteiger partial charge < -0.3 is 4.74 Å². The monoisotopic (exact) mass is 297 g/mol. The highest BCUT2D eigenvalue weighted by Gasteiger charge is 2.56. The summed E-state index contributed by atoms with van der Waals surface area (Å²) in [6.45, 7) is 2.52. The van der Waals surface area contributed by atoms with Crippen LogP contribution in [0.4, 0.5) is 5.69 Å². The van der Waals surface area contributed by atoms with Crippen LogP contribution >= 0.6 is 0 Å². The van der Waals surface area contributed by atoms with E-state index in [4.69, 9.17) is 4.74 Å². The fraction of sp³-hybridized carbons (Fsp3) is 0.444. The zero-order chi connectivity index (χ0) is 15.3. The highest BCUT2D eigenvalue weighted by Crippen LogP contribution is 2.50. The lowest BCUT2D eigenvalue weighted by molar-refractivity contribution is -0.124. The molecule has 4 nitrogen and oxygen atoms in total. The van der Waals surface area contributed by atoms with Crippen LogP contribution in [0, 0.1) is 23.7 Å². The van der Waals surface area contributed by atoms with Crippen LogP contribution < -0.4 is 9.64 Å². The van der Waals surface area contributed by atoms with Gasteiger partial charge in [0.25, 0.3) is 0 Å². The Bertz CT molecular complexity index is 617. The molecule has 5 rings (SSSR count). The van der Waals surface area contributed by atoms with Crippen molar-refractivity contribution in [3.8, 4) is 5.75 Å². The van der Waals surface area contributed by atoms with Crippen LogP contribution in [0.25, 0.3) is 0 Å². The average molecular weight is 297 g/mol. The molecule has 2 bridgehead atoms. The number of amides is 2. The van der Waals surface area contributed by atoms with Gasteiger partial charge in [-0.25, -0.2) is 0 Å². The SMILES string of the molecule is CCOc1ccc(N2C(=O)[C@@H]3[C@@H](C2=O)[C@H]2C=C[C@H]3CC2)cc1. The van der Waals surface area contributed by atoms with Gasteiger partial charge in [0.15, 0.2) is 0 Å². The van der Waals surface area contributed by atoms with E-state index in [1.165, 1.54) is 4.90 Å². The molecule has 1 saturated heterocycles. The van der Waals surface area contributed by atoms with Gasteiger partial charge in [-0.2, -0.15) is 0 Å². The lowest BCUT2D eigenvalue weighted by Crippen LogP contribution is -2.38. The predicted molar refractivity (Wildman–Crippen MR) is 82.4 cm³/mol. The van der Waals surface area contributed by atoms with E-state index < -0.39 is 0 Å². The Morgan fingerprint density at radius 3 is 2.00 bits per heavy atom. The Morgan fingerprint density at radius 1 is 1.00 bits per heavy atom. The molecule has 1 aromatic rings. The predicted octanol–water partition coefficient (Wildman–Crippen LogP) is 2.79. The molecule has 2 amide bonds. The quantitative estimate of drug-likeness (QED) is 0.636. The van der Waals surface area contributed by atoms with E-state index in [-0.39, 0.29) is 35.5 Å². The molecule has 0 N–H and O–H groups in total. The van der Waals surface area contributed by atoms with Crippen molar-refractivity contribution in [1.29, 1.82) is 0 Å². The Balaban J connectivity index is 1.66. The molecule has 114 valence electrons. The summed E-state index contributed by atoms with van der Waals surface area (Å²) in [5.41, 5.74) is 0.659. The van der Waals surface area contributed by atoms with Crippen LogP contribution in [0.3, 0.4) is 0 Å². The molecule has 1 aromatic carbocycles. The van der Waals surface area contributed by atoms with Crippen LogP contribution in [0.2, 0.25) is 0 Å². The molecule has 1 heterocycles. The smallest absolute Gasteiger partial charge is 0.238 e. The van der Waals surface area contributed by atoms with E-state index in [0.29, 0.717) is 12.3 Å². The number of fused-ring (bicyclic) bond motifs is 1. The van der Waals surface area contributed by atoms with E-state index in [2.05, 4.69) is 12.2 Å². The summed E-state index contributed by atoms with van der Waals surface area (Å²) < 4.78 is 5.42. The lowest BCUT2D eigenvalue weighted by Gasteiger charge is -2.38. The minimum absolute atomic E-state index is 0.0294. The number of rotatable bonds is 3. The summed E-state index contributed by atoms with van der Waals surface area (Å²) in [6.07, 6.45) is 6.33. The van der Waals surface area contributed by atoms with Crippen molar-refractivity contribution in [2.24, 2.45) is 23.7 Å². The number of ether oxygens (including phenoxy) is 1. The van der Waals surface area contributed by atoms with E-state index in [1.807, 2.05) is 19.1 Å². The number of imide groups is 1.